The monoisotopic (exact) mass is 350 g/mol. The van der Waals surface area contributed by atoms with Gasteiger partial charge < -0.3 is 15.5 Å². The predicted molar refractivity (Wildman–Crippen MR) is 96.9 cm³/mol. The Labute approximate surface area is 148 Å². The van der Waals surface area contributed by atoms with Gasteiger partial charge in [0.15, 0.2) is 5.96 Å². The van der Waals surface area contributed by atoms with E-state index in [2.05, 4.69) is 20.5 Å². The Morgan fingerprint density at radius 2 is 1.92 bits per heavy atom. The van der Waals surface area contributed by atoms with Gasteiger partial charge in [-0.25, -0.2) is 8.78 Å². The largest absolute Gasteiger partial charge is 0.357 e. The van der Waals surface area contributed by atoms with Gasteiger partial charge in [0.05, 0.1) is 6.54 Å². The summed E-state index contributed by atoms with van der Waals surface area (Å²) in [5, 5.41) is 6.55. The first kappa shape index (κ1) is 18.1. The molecule has 1 heterocycles. The topological polar surface area (TPSA) is 39.7 Å². The van der Waals surface area contributed by atoms with Crippen molar-refractivity contribution in [2.24, 2.45) is 4.99 Å². The highest BCUT2D eigenvalue weighted by atomic mass is 19.1. The number of piperidine rings is 1. The molecule has 0 aromatic heterocycles. The van der Waals surface area contributed by atoms with Crippen molar-refractivity contribution in [3.8, 4) is 0 Å². The Morgan fingerprint density at radius 3 is 2.60 bits per heavy atom. The third-order valence-corrected chi connectivity index (χ3v) is 4.96. The lowest BCUT2D eigenvalue weighted by Gasteiger charge is -2.25. The lowest BCUT2D eigenvalue weighted by atomic mass is 10.1. The molecule has 2 N–H and O–H groups in total. The van der Waals surface area contributed by atoms with Gasteiger partial charge in [-0.2, -0.15) is 0 Å². The maximum Gasteiger partial charge on any atom is 0.191 e. The highest BCUT2D eigenvalue weighted by Crippen LogP contribution is 2.43. The van der Waals surface area contributed by atoms with Crippen molar-refractivity contribution >= 4 is 5.96 Å². The van der Waals surface area contributed by atoms with E-state index in [-0.39, 0.29) is 17.5 Å². The number of guanidine groups is 1. The van der Waals surface area contributed by atoms with Crippen molar-refractivity contribution in [1.82, 2.24) is 15.5 Å². The van der Waals surface area contributed by atoms with Gasteiger partial charge >= 0.3 is 0 Å². The molecule has 2 unspecified atom stereocenters. The van der Waals surface area contributed by atoms with E-state index in [9.17, 15) is 8.78 Å². The quantitative estimate of drug-likeness (QED) is 0.612. The highest BCUT2D eigenvalue weighted by molar-refractivity contribution is 5.80. The second-order valence-corrected chi connectivity index (χ2v) is 6.89. The molecular formula is C19H28F2N4. The summed E-state index contributed by atoms with van der Waals surface area (Å²) in [5.41, 5.74) is 0.198. The molecular weight excluding hydrogens is 322 g/mol. The van der Waals surface area contributed by atoms with E-state index in [0.717, 1.165) is 45.1 Å². The third-order valence-electron chi connectivity index (χ3n) is 4.96. The van der Waals surface area contributed by atoms with Crippen molar-refractivity contribution in [2.75, 3.05) is 32.7 Å². The maximum absolute atomic E-state index is 13.9. The van der Waals surface area contributed by atoms with Crippen LogP contribution in [0.5, 0.6) is 0 Å². The molecule has 1 saturated carbocycles. The predicted octanol–water partition coefficient (Wildman–Crippen LogP) is 2.86. The zero-order chi connectivity index (χ0) is 17.6. The Balaban J connectivity index is 1.53. The number of likely N-dealkylation sites (tertiary alicyclic amines) is 1. The van der Waals surface area contributed by atoms with Gasteiger partial charge in [0.1, 0.15) is 11.6 Å². The third kappa shape index (κ3) is 4.91. The van der Waals surface area contributed by atoms with Gasteiger partial charge in [0, 0.05) is 30.6 Å². The molecule has 1 aromatic carbocycles. The average molecular weight is 350 g/mol. The number of aliphatic imine (C=N–C) groups is 1. The molecule has 0 bridgehead atoms. The summed E-state index contributed by atoms with van der Waals surface area (Å²) >= 11 is 0. The Hall–Kier alpha value is -1.69. The van der Waals surface area contributed by atoms with Crippen molar-refractivity contribution in [3.63, 3.8) is 0 Å². The Morgan fingerprint density at radius 1 is 1.20 bits per heavy atom. The standard InChI is InChI=1S/C19H28F2N4/c1-2-22-19(23-9-12-25-10-4-3-5-11-25)24-17-13-14(17)18-15(20)7-6-8-16(18)21/h6-8,14,17H,2-5,9-13H2,1H3,(H2,22,23,24). The summed E-state index contributed by atoms with van der Waals surface area (Å²) in [4.78, 5) is 7.08. The number of benzene rings is 1. The first-order chi connectivity index (χ1) is 12.2. The van der Waals surface area contributed by atoms with Crippen LogP contribution < -0.4 is 10.6 Å². The van der Waals surface area contributed by atoms with Crippen LogP contribution in [0.25, 0.3) is 0 Å². The fourth-order valence-corrected chi connectivity index (χ4v) is 3.52. The molecule has 2 fully saturated rings. The SMILES string of the molecule is CCNC(=NCCN1CCCCC1)NC1CC1c1c(F)cccc1F. The first-order valence-corrected chi connectivity index (χ1v) is 9.40. The molecule has 2 aliphatic rings. The lowest BCUT2D eigenvalue weighted by molar-refractivity contribution is 0.235. The molecule has 138 valence electrons. The van der Waals surface area contributed by atoms with Crippen LogP contribution in [0, 0.1) is 11.6 Å². The summed E-state index contributed by atoms with van der Waals surface area (Å²) in [6.07, 6.45) is 4.62. The summed E-state index contributed by atoms with van der Waals surface area (Å²) in [6.45, 7) is 6.81. The zero-order valence-corrected chi connectivity index (χ0v) is 14.9. The summed E-state index contributed by atoms with van der Waals surface area (Å²) in [5.74, 6) is -0.293. The smallest absolute Gasteiger partial charge is 0.191 e. The van der Waals surface area contributed by atoms with E-state index in [1.165, 1.54) is 37.5 Å². The fourth-order valence-electron chi connectivity index (χ4n) is 3.52. The van der Waals surface area contributed by atoms with Crippen LogP contribution in [0.3, 0.4) is 0 Å². The van der Waals surface area contributed by atoms with Gasteiger partial charge in [0.25, 0.3) is 0 Å². The number of hydrogen-bond acceptors (Lipinski definition) is 2. The molecule has 6 heteroatoms. The molecule has 0 radical (unpaired) electrons. The van der Waals surface area contributed by atoms with Crippen LogP contribution in [0.1, 0.15) is 44.1 Å². The minimum atomic E-state index is -0.457. The van der Waals surface area contributed by atoms with Crippen molar-refractivity contribution < 1.29 is 8.78 Å². The van der Waals surface area contributed by atoms with E-state index in [0.29, 0.717) is 0 Å². The molecule has 3 rings (SSSR count). The Bertz CT molecular complexity index is 579. The van der Waals surface area contributed by atoms with Gasteiger partial charge in [-0.15, -0.1) is 0 Å². The second kappa shape index (κ2) is 8.61. The fraction of sp³-hybridized carbons (Fsp3) is 0.632. The second-order valence-electron chi connectivity index (χ2n) is 6.89. The van der Waals surface area contributed by atoms with Crippen molar-refractivity contribution in [2.45, 2.75) is 44.6 Å². The summed E-state index contributed by atoms with van der Waals surface area (Å²) in [6, 6.07) is 4.10. The average Bonchev–Trinajstić information content (AvgIpc) is 3.34. The van der Waals surface area contributed by atoms with Gasteiger partial charge in [-0.1, -0.05) is 12.5 Å². The van der Waals surface area contributed by atoms with Crippen LogP contribution >= 0.6 is 0 Å². The lowest BCUT2D eigenvalue weighted by Crippen LogP contribution is -2.40. The van der Waals surface area contributed by atoms with E-state index in [4.69, 9.17) is 0 Å². The number of nitrogens with one attached hydrogen (secondary N) is 2. The zero-order valence-electron chi connectivity index (χ0n) is 14.9. The van der Waals surface area contributed by atoms with Crippen LogP contribution in [0.2, 0.25) is 0 Å². The van der Waals surface area contributed by atoms with E-state index >= 15 is 0 Å². The molecule has 1 aliphatic heterocycles. The van der Waals surface area contributed by atoms with Crippen LogP contribution in [0.4, 0.5) is 8.78 Å². The molecule has 2 atom stereocenters. The molecule has 1 aromatic rings. The van der Waals surface area contributed by atoms with Gasteiger partial charge in [0.2, 0.25) is 0 Å². The van der Waals surface area contributed by atoms with E-state index < -0.39 is 11.6 Å². The molecule has 1 saturated heterocycles. The van der Waals surface area contributed by atoms with Crippen molar-refractivity contribution in [3.05, 3.63) is 35.4 Å². The van der Waals surface area contributed by atoms with E-state index in [1.54, 1.807) is 0 Å². The maximum atomic E-state index is 13.9. The number of nitrogens with zero attached hydrogens (tertiary/aromatic N) is 2. The van der Waals surface area contributed by atoms with Gasteiger partial charge in [-0.05, 0) is 51.4 Å². The van der Waals surface area contributed by atoms with E-state index in [1.807, 2.05) is 6.92 Å². The summed E-state index contributed by atoms with van der Waals surface area (Å²) < 4.78 is 27.8. The van der Waals surface area contributed by atoms with Crippen LogP contribution in [-0.2, 0) is 0 Å². The van der Waals surface area contributed by atoms with Crippen LogP contribution in [0.15, 0.2) is 23.2 Å². The Kier molecular flexibility index (Phi) is 6.24. The summed E-state index contributed by atoms with van der Waals surface area (Å²) in [7, 11) is 0. The first-order valence-electron chi connectivity index (χ1n) is 9.40. The molecule has 0 amide bonds. The number of rotatable bonds is 6. The van der Waals surface area contributed by atoms with Crippen LogP contribution in [-0.4, -0.2) is 49.6 Å². The normalized spacial score (nSPS) is 24.2. The van der Waals surface area contributed by atoms with Gasteiger partial charge in [-0.3, -0.25) is 4.99 Å². The van der Waals surface area contributed by atoms with Crippen molar-refractivity contribution in [1.29, 1.82) is 0 Å². The molecule has 25 heavy (non-hydrogen) atoms. The molecule has 1 aliphatic carbocycles. The minimum absolute atomic E-state index is 0.0409. The number of hydrogen-bond donors (Lipinski definition) is 2. The minimum Gasteiger partial charge on any atom is -0.357 e. The highest BCUT2D eigenvalue weighted by Gasteiger charge is 2.42. The molecule has 0 spiro atoms. The number of halogens is 2. The molecule has 4 nitrogen and oxygen atoms in total.